The zero-order valence-electron chi connectivity index (χ0n) is 18.8. The van der Waals surface area contributed by atoms with Gasteiger partial charge in [-0.3, -0.25) is 4.79 Å². The number of amides is 1. The minimum absolute atomic E-state index is 0.113. The summed E-state index contributed by atoms with van der Waals surface area (Å²) >= 11 is 0. The first-order valence-electron chi connectivity index (χ1n) is 11.0. The summed E-state index contributed by atoms with van der Waals surface area (Å²) in [4.78, 5) is 15.3. The van der Waals surface area contributed by atoms with Crippen LogP contribution < -0.4 is 11.5 Å². The molecule has 9 heteroatoms. The molecule has 0 radical (unpaired) electrons. The van der Waals surface area contributed by atoms with Crippen molar-refractivity contribution in [1.82, 2.24) is 9.80 Å². The maximum absolute atomic E-state index is 14.3. The van der Waals surface area contributed by atoms with Gasteiger partial charge in [0.2, 0.25) is 5.91 Å². The Morgan fingerprint density at radius 2 is 1.66 bits per heavy atom. The monoisotopic (exact) mass is 482 g/mol. The Bertz CT molecular complexity index is 1330. The second kappa shape index (κ2) is 9.25. The van der Waals surface area contributed by atoms with Crippen LogP contribution in [0.3, 0.4) is 0 Å². The van der Waals surface area contributed by atoms with Crippen molar-refractivity contribution in [3.05, 3.63) is 78.5 Å². The molecule has 1 heterocycles. The average Bonchev–Trinajstić information content (AvgIpc) is 2.83. The van der Waals surface area contributed by atoms with E-state index in [9.17, 15) is 23.1 Å². The number of carbonyl (C=O) groups excluding carboxylic acids is 1. The SMILES string of the molecule is C=CC(=O)N1CCN(/C(=C/N)c2cc(C(F)(F)F)c(-c3cc(O)cc4ccccc34)cc2N)CC1. The van der Waals surface area contributed by atoms with E-state index >= 15 is 0 Å². The molecule has 6 nitrogen and oxygen atoms in total. The van der Waals surface area contributed by atoms with Crippen LogP contribution in [0.25, 0.3) is 27.6 Å². The van der Waals surface area contributed by atoms with Gasteiger partial charge in [-0.05, 0) is 52.2 Å². The third kappa shape index (κ3) is 4.62. The first-order valence-corrected chi connectivity index (χ1v) is 11.0. The van der Waals surface area contributed by atoms with Crippen molar-refractivity contribution in [3.63, 3.8) is 0 Å². The standard InChI is InChI=1S/C26H25F3N4O2/c1-2-25(35)33-9-7-32(8-10-33)24(15-30)21-13-22(26(27,28)29)20(14-23(21)31)19-12-17(34)11-16-5-3-4-6-18(16)19/h2-6,11-15,34H,1,7-10,30-31H2/b24-15+. The summed E-state index contributed by atoms with van der Waals surface area (Å²) in [6.45, 7) is 4.99. The molecule has 0 atom stereocenters. The van der Waals surface area contributed by atoms with Crippen molar-refractivity contribution in [2.24, 2.45) is 5.73 Å². The second-order valence-corrected chi connectivity index (χ2v) is 8.27. The number of nitrogens with two attached hydrogens (primary N) is 2. The molecule has 0 saturated carbocycles. The van der Waals surface area contributed by atoms with Gasteiger partial charge in [-0.25, -0.2) is 0 Å². The van der Waals surface area contributed by atoms with Gasteiger partial charge in [0.05, 0.1) is 11.3 Å². The summed E-state index contributed by atoms with van der Waals surface area (Å²) in [6.07, 6.45) is -2.23. The normalized spacial score (nSPS) is 14.9. The number of piperazine rings is 1. The van der Waals surface area contributed by atoms with E-state index in [0.717, 1.165) is 6.07 Å². The van der Waals surface area contributed by atoms with Crippen LogP contribution in [-0.2, 0) is 11.0 Å². The summed E-state index contributed by atoms with van der Waals surface area (Å²) in [5, 5.41) is 11.3. The Kier molecular flexibility index (Phi) is 6.34. The number of aromatic hydroxyl groups is 1. The molecule has 1 amide bonds. The molecular weight excluding hydrogens is 457 g/mol. The highest BCUT2D eigenvalue weighted by molar-refractivity contribution is 5.99. The molecule has 3 aromatic rings. The van der Waals surface area contributed by atoms with Gasteiger partial charge in [0, 0.05) is 43.6 Å². The number of anilines is 1. The van der Waals surface area contributed by atoms with Gasteiger partial charge in [0.1, 0.15) is 5.75 Å². The van der Waals surface area contributed by atoms with E-state index in [0.29, 0.717) is 42.6 Å². The minimum Gasteiger partial charge on any atom is -0.508 e. The molecule has 1 aliphatic heterocycles. The average molecular weight is 483 g/mol. The first-order chi connectivity index (χ1) is 16.6. The molecule has 0 aromatic heterocycles. The van der Waals surface area contributed by atoms with Crippen LogP contribution in [0.1, 0.15) is 11.1 Å². The Hall–Kier alpha value is -4.14. The fourth-order valence-corrected chi connectivity index (χ4v) is 4.48. The molecule has 5 N–H and O–H groups in total. The number of carbonyl (C=O) groups is 1. The predicted octanol–water partition coefficient (Wildman–Crippen LogP) is 4.40. The fraction of sp³-hybridized carbons (Fsp3) is 0.192. The highest BCUT2D eigenvalue weighted by Crippen LogP contribution is 2.44. The van der Waals surface area contributed by atoms with Crippen molar-refractivity contribution < 1.29 is 23.1 Å². The van der Waals surface area contributed by atoms with E-state index in [1.165, 1.54) is 30.5 Å². The predicted molar refractivity (Wildman–Crippen MR) is 131 cm³/mol. The second-order valence-electron chi connectivity index (χ2n) is 8.27. The molecular formula is C26H25F3N4O2. The van der Waals surface area contributed by atoms with Gasteiger partial charge < -0.3 is 26.4 Å². The van der Waals surface area contributed by atoms with E-state index in [1.54, 1.807) is 29.2 Å². The Balaban J connectivity index is 1.81. The van der Waals surface area contributed by atoms with Crippen molar-refractivity contribution in [3.8, 4) is 16.9 Å². The van der Waals surface area contributed by atoms with Gasteiger partial charge in [-0.15, -0.1) is 0 Å². The van der Waals surface area contributed by atoms with Crippen LogP contribution in [0.5, 0.6) is 5.75 Å². The van der Waals surface area contributed by atoms with Crippen LogP contribution in [0.15, 0.2) is 67.4 Å². The topological polar surface area (TPSA) is 95.8 Å². The van der Waals surface area contributed by atoms with Crippen LogP contribution in [0, 0.1) is 0 Å². The molecule has 0 bridgehead atoms. The van der Waals surface area contributed by atoms with Crippen molar-refractivity contribution in [2.75, 3.05) is 31.9 Å². The van der Waals surface area contributed by atoms with E-state index < -0.39 is 11.7 Å². The molecule has 0 unspecified atom stereocenters. The molecule has 3 aromatic carbocycles. The summed E-state index contributed by atoms with van der Waals surface area (Å²) in [7, 11) is 0. The lowest BCUT2D eigenvalue weighted by molar-refractivity contribution is -0.137. The van der Waals surface area contributed by atoms with Gasteiger partial charge in [-0.2, -0.15) is 13.2 Å². The van der Waals surface area contributed by atoms with Gasteiger partial charge in [0.25, 0.3) is 0 Å². The molecule has 182 valence electrons. The third-order valence-electron chi connectivity index (χ3n) is 6.17. The number of fused-ring (bicyclic) bond motifs is 1. The highest BCUT2D eigenvalue weighted by atomic mass is 19.4. The highest BCUT2D eigenvalue weighted by Gasteiger charge is 2.36. The lowest BCUT2D eigenvalue weighted by atomic mass is 9.91. The summed E-state index contributed by atoms with van der Waals surface area (Å²) in [5.74, 6) is -0.353. The summed E-state index contributed by atoms with van der Waals surface area (Å²) < 4.78 is 42.9. The molecule has 1 fully saturated rings. The lowest BCUT2D eigenvalue weighted by Crippen LogP contribution is -2.47. The number of halogens is 3. The van der Waals surface area contributed by atoms with Gasteiger partial charge in [0.15, 0.2) is 0 Å². The lowest BCUT2D eigenvalue weighted by Gasteiger charge is -2.37. The number of nitrogens with zero attached hydrogens (tertiary/aromatic N) is 2. The van der Waals surface area contributed by atoms with E-state index in [1.807, 2.05) is 4.90 Å². The van der Waals surface area contributed by atoms with E-state index in [2.05, 4.69) is 6.58 Å². The molecule has 35 heavy (non-hydrogen) atoms. The summed E-state index contributed by atoms with van der Waals surface area (Å²) in [5.41, 5.74) is 12.0. The van der Waals surface area contributed by atoms with Gasteiger partial charge in [-0.1, -0.05) is 30.8 Å². The number of hydrogen-bond acceptors (Lipinski definition) is 5. The number of alkyl halides is 3. The van der Waals surface area contributed by atoms with Crippen LogP contribution in [-0.4, -0.2) is 47.0 Å². The fourth-order valence-electron chi connectivity index (χ4n) is 4.48. The van der Waals surface area contributed by atoms with Crippen molar-refractivity contribution in [2.45, 2.75) is 6.18 Å². The van der Waals surface area contributed by atoms with Crippen molar-refractivity contribution >= 4 is 28.1 Å². The molecule has 4 rings (SSSR count). The van der Waals surface area contributed by atoms with Crippen molar-refractivity contribution in [1.29, 1.82) is 0 Å². The molecule has 1 aliphatic rings. The number of benzene rings is 3. The van der Waals surface area contributed by atoms with Crippen LogP contribution >= 0.6 is 0 Å². The molecule has 0 spiro atoms. The number of phenols is 1. The number of rotatable bonds is 4. The van der Waals surface area contributed by atoms with E-state index in [4.69, 9.17) is 11.5 Å². The Morgan fingerprint density at radius 3 is 2.29 bits per heavy atom. The maximum atomic E-state index is 14.3. The number of nitrogen functional groups attached to an aromatic ring is 1. The first kappa shape index (κ1) is 24.0. The molecule has 0 aliphatic carbocycles. The van der Waals surface area contributed by atoms with Crippen LogP contribution in [0.2, 0.25) is 0 Å². The summed E-state index contributed by atoms with van der Waals surface area (Å²) in [6, 6.07) is 12.0. The number of phenolic OH excluding ortho intramolecular Hbond substituents is 1. The Morgan fingerprint density at radius 1 is 1.00 bits per heavy atom. The minimum atomic E-state index is -4.70. The Labute approximate surface area is 200 Å². The zero-order chi connectivity index (χ0) is 25.3. The van der Waals surface area contributed by atoms with Gasteiger partial charge >= 0.3 is 6.18 Å². The number of hydrogen-bond donors (Lipinski definition) is 3. The van der Waals surface area contributed by atoms with E-state index in [-0.39, 0.29) is 34.0 Å². The third-order valence-corrected chi connectivity index (χ3v) is 6.17. The van der Waals surface area contributed by atoms with Crippen LogP contribution in [0.4, 0.5) is 18.9 Å². The molecule has 1 saturated heterocycles. The smallest absolute Gasteiger partial charge is 0.417 e. The quantitative estimate of drug-likeness (QED) is 0.379. The largest absolute Gasteiger partial charge is 0.508 e. The maximum Gasteiger partial charge on any atom is 0.417 e. The zero-order valence-corrected chi connectivity index (χ0v) is 18.8.